The van der Waals surface area contributed by atoms with Crippen molar-refractivity contribution >= 4 is 82.2 Å². The van der Waals surface area contributed by atoms with E-state index in [0.717, 1.165) is 28.0 Å². The lowest BCUT2D eigenvalue weighted by Gasteiger charge is -2.23. The van der Waals surface area contributed by atoms with Crippen LogP contribution in [0.3, 0.4) is 0 Å². The summed E-state index contributed by atoms with van der Waals surface area (Å²) in [5.41, 5.74) is 6.48. The number of hydrogen-bond acceptors (Lipinski definition) is 21. The molecule has 540 valence electrons. The molecule has 0 radical (unpaired) electrons. The Morgan fingerprint density at radius 2 is 1.10 bits per heavy atom. The first-order valence-electron chi connectivity index (χ1n) is 34.5. The van der Waals surface area contributed by atoms with Gasteiger partial charge in [-0.25, -0.2) is 0 Å². The average molecular weight is 1390 g/mol. The van der Waals surface area contributed by atoms with Crippen LogP contribution < -0.4 is 30.2 Å². The summed E-state index contributed by atoms with van der Waals surface area (Å²) < 4.78 is 62.1. The van der Waals surface area contributed by atoms with Crippen LogP contribution in [0, 0.1) is 24.7 Å². The van der Waals surface area contributed by atoms with Crippen molar-refractivity contribution in [2.24, 2.45) is 27.7 Å². The van der Waals surface area contributed by atoms with E-state index in [1.54, 1.807) is 60.4 Å². The number of nitrogens with zero attached hydrogens (tertiary/aromatic N) is 5. The van der Waals surface area contributed by atoms with Gasteiger partial charge in [-0.15, -0.1) is 0 Å². The largest absolute Gasteiger partial charge is 0.493 e. The number of nitrogens with one attached hydrogen (secondary N) is 3. The Bertz CT molecular complexity index is 3480. The zero-order valence-corrected chi connectivity index (χ0v) is 57.8. The lowest BCUT2D eigenvalue weighted by atomic mass is 9.92. The van der Waals surface area contributed by atoms with Crippen LogP contribution in [-0.4, -0.2) is 232 Å². The lowest BCUT2D eigenvalue weighted by molar-refractivity contribution is -0.137. The predicted molar refractivity (Wildman–Crippen MR) is 369 cm³/mol. The molecule has 0 spiro atoms. The van der Waals surface area contributed by atoms with Crippen LogP contribution in [0.4, 0.5) is 17.1 Å². The molecule has 7 amide bonds. The number of anilines is 1. The minimum Gasteiger partial charge on any atom is -0.493 e. The van der Waals surface area contributed by atoms with Crippen molar-refractivity contribution in [3.05, 3.63) is 101 Å². The van der Waals surface area contributed by atoms with E-state index >= 15 is 0 Å². The topological polar surface area (TPSA) is 309 Å². The highest BCUT2D eigenvalue weighted by atomic mass is 16.6. The first-order chi connectivity index (χ1) is 48.5. The molecule has 0 aromatic heterocycles. The number of fused-ring (bicyclic) bond motifs is 4. The van der Waals surface area contributed by atoms with Gasteiger partial charge in [0.25, 0.3) is 23.6 Å². The van der Waals surface area contributed by atoms with Crippen molar-refractivity contribution in [3.63, 3.8) is 0 Å². The number of methoxy groups -OCH3 is 1. The van der Waals surface area contributed by atoms with Gasteiger partial charge >= 0.3 is 0 Å². The zero-order valence-electron chi connectivity index (χ0n) is 57.8. The molecule has 1 fully saturated rings. The zero-order chi connectivity index (χ0) is 70.8. The Hall–Kier alpha value is -8.54. The fourth-order valence-corrected chi connectivity index (χ4v) is 11.6. The van der Waals surface area contributed by atoms with E-state index in [0.29, 0.717) is 176 Å². The smallest absolute Gasteiger partial charge is 0.260 e. The van der Waals surface area contributed by atoms with Crippen molar-refractivity contribution in [3.8, 4) is 17.2 Å². The number of ketones is 1. The second kappa shape index (κ2) is 38.9. The minimum atomic E-state index is -0.781. The molecule has 27 heteroatoms. The van der Waals surface area contributed by atoms with Crippen LogP contribution in [-0.2, 0) is 66.7 Å². The quantitative estimate of drug-likeness (QED) is 0.0392. The molecular formula is C73H94N8O19. The maximum Gasteiger partial charge on any atom is 0.260 e. The summed E-state index contributed by atoms with van der Waals surface area (Å²) in [4.78, 5) is 116. The highest BCUT2D eigenvalue weighted by Gasteiger charge is 2.39. The summed E-state index contributed by atoms with van der Waals surface area (Å²) in [5.74, 6) is -1.04. The van der Waals surface area contributed by atoms with Gasteiger partial charge in [-0.1, -0.05) is 32.9 Å². The van der Waals surface area contributed by atoms with Crippen molar-refractivity contribution in [1.82, 2.24) is 25.3 Å². The lowest BCUT2D eigenvalue weighted by Crippen LogP contribution is -2.45. The van der Waals surface area contributed by atoms with E-state index in [1.807, 2.05) is 57.6 Å². The molecule has 100 heavy (non-hydrogen) atoms. The van der Waals surface area contributed by atoms with Crippen LogP contribution in [0.15, 0.2) is 88.6 Å². The molecule has 3 N–H and O–H groups in total. The SMILES string of the molecule is COc1cc2c(cc1OCCCOc1cc3c(cc1C)C(=O)N1C=C(c4ccc(NC(=O)[C@H](C)CC(=O)[C@@H](NC(=O)CCOCCOCCOCCOCCOCCOCCOCCOCCNC(=O)CCN5C(=O)C=CC5=O)C(C)C)cc4)C[C@H]1C=N3)N=C[C@@H]1CC(C3CC3)=CN1C2=O. The second-order valence-electron chi connectivity index (χ2n) is 25.2. The van der Waals surface area contributed by atoms with Gasteiger partial charge in [0.2, 0.25) is 17.7 Å². The molecule has 1 aliphatic carbocycles. The highest BCUT2D eigenvalue weighted by molar-refractivity contribution is 6.13. The number of imide groups is 1. The van der Waals surface area contributed by atoms with E-state index in [-0.39, 0.29) is 92.3 Å². The van der Waals surface area contributed by atoms with Gasteiger partial charge in [0.05, 0.1) is 167 Å². The van der Waals surface area contributed by atoms with E-state index in [4.69, 9.17) is 62.1 Å². The van der Waals surface area contributed by atoms with Gasteiger partial charge < -0.3 is 77.9 Å². The average Bonchev–Trinajstić information content (AvgIpc) is 1.62. The van der Waals surface area contributed by atoms with Crippen LogP contribution >= 0.6 is 0 Å². The first-order valence-corrected chi connectivity index (χ1v) is 34.5. The van der Waals surface area contributed by atoms with Gasteiger partial charge in [-0.3, -0.25) is 53.2 Å². The third kappa shape index (κ3) is 22.5. The Morgan fingerprint density at radius 1 is 0.580 bits per heavy atom. The van der Waals surface area contributed by atoms with Gasteiger partial charge in [0.15, 0.2) is 17.3 Å². The molecule has 3 aromatic carbocycles. The summed E-state index contributed by atoms with van der Waals surface area (Å²) in [6.07, 6.45) is 14.1. The molecule has 9 rings (SSSR count). The van der Waals surface area contributed by atoms with E-state index in [9.17, 15) is 38.4 Å². The van der Waals surface area contributed by atoms with Crippen LogP contribution in [0.5, 0.6) is 17.2 Å². The molecular weight excluding hydrogens is 1290 g/mol. The van der Waals surface area contributed by atoms with Crippen molar-refractivity contribution < 1.29 is 90.5 Å². The Kier molecular flexibility index (Phi) is 29.4. The highest BCUT2D eigenvalue weighted by Crippen LogP contribution is 2.45. The molecule has 0 bridgehead atoms. The van der Waals surface area contributed by atoms with E-state index in [2.05, 4.69) is 16.0 Å². The van der Waals surface area contributed by atoms with Gasteiger partial charge in [0, 0.05) is 106 Å². The Balaban J connectivity index is 0.564. The Morgan fingerprint density at radius 3 is 1.66 bits per heavy atom. The van der Waals surface area contributed by atoms with Crippen LogP contribution in [0.25, 0.3) is 5.57 Å². The summed E-state index contributed by atoms with van der Waals surface area (Å²) in [6, 6.07) is 13.3. The van der Waals surface area contributed by atoms with Crippen molar-refractivity contribution in [1.29, 1.82) is 0 Å². The second-order valence-corrected chi connectivity index (χ2v) is 25.2. The van der Waals surface area contributed by atoms with Crippen LogP contribution in [0.2, 0.25) is 0 Å². The Labute approximate surface area is 583 Å². The molecule has 6 aliphatic rings. The maximum absolute atomic E-state index is 14.1. The third-order valence-electron chi connectivity index (χ3n) is 17.3. The summed E-state index contributed by atoms with van der Waals surface area (Å²) >= 11 is 0. The third-order valence-corrected chi connectivity index (χ3v) is 17.3. The van der Waals surface area contributed by atoms with Gasteiger partial charge in [0.1, 0.15) is 5.75 Å². The van der Waals surface area contributed by atoms with Crippen LogP contribution in [0.1, 0.15) is 104 Å². The number of aliphatic imine (C=N–C) groups is 2. The number of carbonyl (C=O) groups excluding carboxylic acids is 8. The van der Waals surface area contributed by atoms with Crippen molar-refractivity contribution in [2.45, 2.75) is 97.2 Å². The molecule has 4 atom stereocenters. The number of hydrogen-bond donors (Lipinski definition) is 3. The number of Topliss-reactive ketones (excluding diaryl/α,β-unsaturated/α-hetero) is 1. The summed E-state index contributed by atoms with van der Waals surface area (Å²) in [7, 11) is 1.55. The number of benzene rings is 3. The molecule has 1 saturated carbocycles. The van der Waals surface area contributed by atoms with E-state index in [1.165, 1.54) is 30.6 Å². The first kappa shape index (κ1) is 75.7. The van der Waals surface area contributed by atoms with Gasteiger partial charge in [-0.05, 0) is 84.6 Å². The predicted octanol–water partition coefficient (Wildman–Crippen LogP) is 6.68. The standard InChI is InChI=1S/C73H94N8O19/c1-48(2)70(78-67(84)16-21-91-23-25-93-27-29-95-31-33-97-35-36-98-34-32-96-30-28-94-26-24-92-22-17-74-66(83)15-18-79-68(85)13-14-69(79)86)62(82)38-50(4)71(87)77-55-11-9-52(10-12-55)54-40-56-44-75-60-42-63(49(3)37-58(60)72(88)80(56)47-54)99-19-6-20-100-65-43-61-59(41-64(65)90-5)73(89)81-46-53(51-7-8-51)39-57(81)45-76-61/h9-14,37,41-48,50-51,56-57,70H,6-8,15-36,38-40H2,1-5H3,(H,74,83)(H,77,87)(H,78,84)/t50-,56+,57+,70+/m1/s1. The maximum atomic E-state index is 14.1. The summed E-state index contributed by atoms with van der Waals surface area (Å²) in [5, 5.41) is 8.43. The normalized spacial score (nSPS) is 17.3. The molecule has 5 aliphatic heterocycles. The summed E-state index contributed by atoms with van der Waals surface area (Å²) in [6.45, 7) is 14.0. The number of aryl methyl sites for hydroxylation is 1. The number of carbonyl (C=O) groups is 8. The minimum absolute atomic E-state index is 0.0305. The molecule has 27 nitrogen and oxygen atoms in total. The van der Waals surface area contributed by atoms with E-state index < -0.39 is 23.8 Å². The molecule has 3 aromatic rings. The number of amides is 7. The fraction of sp³-hybridized carbons (Fsp3) is 0.534. The number of rotatable bonds is 46. The molecule has 0 unspecified atom stereocenters. The number of ether oxygens (including phenoxy) is 11. The molecule has 5 heterocycles. The molecule has 0 saturated heterocycles. The fourth-order valence-electron chi connectivity index (χ4n) is 11.6. The van der Waals surface area contributed by atoms with Gasteiger partial charge in [-0.2, -0.15) is 0 Å². The monoisotopic (exact) mass is 1390 g/mol. The van der Waals surface area contributed by atoms with Crippen molar-refractivity contribution in [2.75, 3.05) is 144 Å².